The lowest BCUT2D eigenvalue weighted by Crippen LogP contribution is -2.48. The van der Waals surface area contributed by atoms with Crippen molar-refractivity contribution in [2.24, 2.45) is 5.92 Å². The molecule has 0 aliphatic carbocycles. The Morgan fingerprint density at radius 2 is 1.72 bits per heavy atom. The van der Waals surface area contributed by atoms with Gasteiger partial charge in [-0.2, -0.15) is 0 Å². The first-order valence-electron chi connectivity index (χ1n) is 10.1. The summed E-state index contributed by atoms with van der Waals surface area (Å²) in [4.78, 5) is 27.3. The molecule has 0 radical (unpaired) electrons. The minimum Gasteiger partial charge on any atom is -0.354 e. The van der Waals surface area contributed by atoms with Crippen LogP contribution in [-0.2, 0) is 22.6 Å². The highest BCUT2D eigenvalue weighted by molar-refractivity contribution is 6.30. The fourth-order valence-corrected chi connectivity index (χ4v) is 3.23. The number of carbonyl (C=O) groups is 2. The largest absolute Gasteiger partial charge is 0.354 e. The van der Waals surface area contributed by atoms with Gasteiger partial charge in [-0.05, 0) is 49.4 Å². The maximum Gasteiger partial charge on any atom is 0.242 e. The summed E-state index contributed by atoms with van der Waals surface area (Å²) in [5, 5.41) is 3.55. The Hall–Kier alpha value is -2.33. The van der Waals surface area contributed by atoms with Gasteiger partial charge in [0.05, 0.1) is 0 Å². The zero-order valence-corrected chi connectivity index (χ0v) is 18.5. The predicted octanol–water partition coefficient (Wildman–Crippen LogP) is 4.77. The van der Waals surface area contributed by atoms with E-state index in [-0.39, 0.29) is 11.8 Å². The normalized spacial score (nSPS) is 11.9. The van der Waals surface area contributed by atoms with Crippen molar-refractivity contribution in [1.82, 2.24) is 10.2 Å². The number of benzene rings is 2. The lowest BCUT2D eigenvalue weighted by atomic mass is 10.1. The molecule has 0 fully saturated rings. The summed E-state index contributed by atoms with van der Waals surface area (Å²) < 4.78 is 0. The second-order valence-corrected chi connectivity index (χ2v) is 8.39. The fourth-order valence-electron chi connectivity index (χ4n) is 3.02. The summed E-state index contributed by atoms with van der Waals surface area (Å²) in [5.74, 6) is 0.173. The highest BCUT2D eigenvalue weighted by atomic mass is 35.5. The monoisotopic (exact) mass is 414 g/mol. The van der Waals surface area contributed by atoms with E-state index in [1.165, 1.54) is 5.56 Å². The molecule has 0 unspecified atom stereocenters. The zero-order chi connectivity index (χ0) is 21.4. The van der Waals surface area contributed by atoms with Crippen molar-refractivity contribution in [3.8, 4) is 0 Å². The van der Waals surface area contributed by atoms with Crippen LogP contribution in [0.1, 0.15) is 43.9 Å². The molecule has 156 valence electrons. The highest BCUT2D eigenvalue weighted by Crippen LogP contribution is 2.16. The third-order valence-corrected chi connectivity index (χ3v) is 5.08. The molecule has 0 spiro atoms. The maximum atomic E-state index is 13.1. The molecule has 2 aromatic rings. The van der Waals surface area contributed by atoms with Gasteiger partial charge >= 0.3 is 0 Å². The van der Waals surface area contributed by atoms with Gasteiger partial charge in [-0.1, -0.05) is 67.4 Å². The van der Waals surface area contributed by atoms with E-state index in [0.717, 1.165) is 11.1 Å². The Kier molecular flexibility index (Phi) is 8.71. The molecule has 5 heteroatoms. The van der Waals surface area contributed by atoms with E-state index in [1.807, 2.05) is 63.2 Å². The maximum absolute atomic E-state index is 13.1. The molecule has 1 N–H and O–H groups in total. The first-order chi connectivity index (χ1) is 13.8. The van der Waals surface area contributed by atoms with Crippen molar-refractivity contribution in [3.63, 3.8) is 0 Å². The van der Waals surface area contributed by atoms with Gasteiger partial charge < -0.3 is 10.2 Å². The van der Waals surface area contributed by atoms with Crippen LogP contribution >= 0.6 is 11.6 Å². The van der Waals surface area contributed by atoms with Crippen LogP contribution in [0, 0.1) is 12.8 Å². The second kappa shape index (κ2) is 11.0. The number of carbonyl (C=O) groups excluding carboxylic acids is 2. The Morgan fingerprint density at radius 3 is 2.34 bits per heavy atom. The molecule has 2 amide bonds. The number of hydrogen-bond acceptors (Lipinski definition) is 2. The molecular formula is C24H31ClN2O2. The van der Waals surface area contributed by atoms with Crippen molar-refractivity contribution in [2.75, 3.05) is 6.54 Å². The molecule has 0 aliphatic heterocycles. The SMILES string of the molecule is Cc1ccc(CCC(=O)N(Cc2cccc(Cl)c2)[C@H](C)C(=O)NCC(C)C)cc1. The quantitative estimate of drug-likeness (QED) is 0.642. The number of amides is 2. The number of rotatable bonds is 9. The van der Waals surface area contributed by atoms with E-state index < -0.39 is 6.04 Å². The van der Waals surface area contributed by atoms with E-state index >= 15 is 0 Å². The van der Waals surface area contributed by atoms with Crippen LogP contribution in [0.4, 0.5) is 0 Å². The van der Waals surface area contributed by atoms with Gasteiger partial charge in [-0.3, -0.25) is 9.59 Å². The Balaban J connectivity index is 2.12. The first kappa shape index (κ1) is 23.0. The van der Waals surface area contributed by atoms with E-state index in [4.69, 9.17) is 11.6 Å². The molecule has 0 bridgehead atoms. The topological polar surface area (TPSA) is 49.4 Å². The van der Waals surface area contributed by atoms with Crippen molar-refractivity contribution in [2.45, 2.75) is 53.1 Å². The Labute approximate surface area is 179 Å². The lowest BCUT2D eigenvalue weighted by molar-refractivity contribution is -0.140. The van der Waals surface area contributed by atoms with Gasteiger partial charge in [0.2, 0.25) is 11.8 Å². The van der Waals surface area contributed by atoms with Gasteiger partial charge in [0, 0.05) is 24.5 Å². The van der Waals surface area contributed by atoms with Gasteiger partial charge in [0.25, 0.3) is 0 Å². The minimum absolute atomic E-state index is 0.0438. The molecule has 0 saturated heterocycles. The second-order valence-electron chi connectivity index (χ2n) is 7.95. The summed E-state index contributed by atoms with van der Waals surface area (Å²) in [6.45, 7) is 8.85. The van der Waals surface area contributed by atoms with Crippen LogP contribution in [0.2, 0.25) is 5.02 Å². The average molecular weight is 415 g/mol. The molecule has 29 heavy (non-hydrogen) atoms. The van der Waals surface area contributed by atoms with E-state index in [2.05, 4.69) is 5.32 Å². The van der Waals surface area contributed by atoms with E-state index in [0.29, 0.717) is 36.9 Å². The van der Waals surface area contributed by atoms with Crippen LogP contribution in [-0.4, -0.2) is 29.3 Å². The van der Waals surface area contributed by atoms with Crippen LogP contribution in [0.15, 0.2) is 48.5 Å². The molecule has 0 aliphatic rings. The van der Waals surface area contributed by atoms with E-state index in [9.17, 15) is 9.59 Å². The van der Waals surface area contributed by atoms with Crippen molar-refractivity contribution in [1.29, 1.82) is 0 Å². The van der Waals surface area contributed by atoms with Crippen molar-refractivity contribution in [3.05, 3.63) is 70.2 Å². The van der Waals surface area contributed by atoms with Gasteiger partial charge in [-0.25, -0.2) is 0 Å². The molecule has 2 rings (SSSR count). The molecule has 0 heterocycles. The third-order valence-electron chi connectivity index (χ3n) is 4.84. The van der Waals surface area contributed by atoms with Crippen LogP contribution in [0.25, 0.3) is 0 Å². The summed E-state index contributed by atoms with van der Waals surface area (Å²) in [6, 6.07) is 15.0. The summed E-state index contributed by atoms with van der Waals surface area (Å²) >= 11 is 6.11. The molecule has 1 atom stereocenters. The summed E-state index contributed by atoms with van der Waals surface area (Å²) in [6.07, 6.45) is 0.997. The zero-order valence-electron chi connectivity index (χ0n) is 17.7. The van der Waals surface area contributed by atoms with Crippen LogP contribution < -0.4 is 5.32 Å². The lowest BCUT2D eigenvalue weighted by Gasteiger charge is -2.29. The number of nitrogens with one attached hydrogen (secondary N) is 1. The number of nitrogens with zero attached hydrogens (tertiary/aromatic N) is 1. The van der Waals surface area contributed by atoms with E-state index in [1.54, 1.807) is 17.9 Å². The Bertz CT molecular complexity index is 818. The van der Waals surface area contributed by atoms with Gasteiger partial charge in [0.15, 0.2) is 0 Å². The van der Waals surface area contributed by atoms with Gasteiger partial charge in [0.1, 0.15) is 6.04 Å². The summed E-state index contributed by atoms with van der Waals surface area (Å²) in [7, 11) is 0. The smallest absolute Gasteiger partial charge is 0.242 e. The van der Waals surface area contributed by atoms with Crippen molar-refractivity contribution >= 4 is 23.4 Å². The number of halogens is 1. The fraction of sp³-hybridized carbons (Fsp3) is 0.417. The van der Waals surface area contributed by atoms with Crippen LogP contribution in [0.3, 0.4) is 0 Å². The average Bonchev–Trinajstić information content (AvgIpc) is 2.69. The van der Waals surface area contributed by atoms with Gasteiger partial charge in [-0.15, -0.1) is 0 Å². The highest BCUT2D eigenvalue weighted by Gasteiger charge is 2.26. The number of aryl methyl sites for hydroxylation is 2. The number of hydrogen-bond donors (Lipinski definition) is 1. The third kappa shape index (κ3) is 7.54. The molecule has 0 aromatic heterocycles. The molecule has 4 nitrogen and oxygen atoms in total. The molecular weight excluding hydrogens is 384 g/mol. The minimum atomic E-state index is -0.557. The predicted molar refractivity (Wildman–Crippen MR) is 119 cm³/mol. The molecule has 0 saturated carbocycles. The molecule has 2 aromatic carbocycles. The first-order valence-corrected chi connectivity index (χ1v) is 10.5. The van der Waals surface area contributed by atoms with Crippen LogP contribution in [0.5, 0.6) is 0 Å². The Morgan fingerprint density at radius 1 is 1.03 bits per heavy atom. The standard InChI is InChI=1S/C24H31ClN2O2/c1-17(2)15-26-24(29)19(4)27(16-21-6-5-7-22(25)14-21)23(28)13-12-20-10-8-18(3)9-11-20/h5-11,14,17,19H,12-13,15-16H2,1-4H3,(H,26,29)/t19-/m1/s1. The summed E-state index contributed by atoms with van der Waals surface area (Å²) in [5.41, 5.74) is 3.21. The van der Waals surface area contributed by atoms with Crippen molar-refractivity contribution < 1.29 is 9.59 Å².